The summed E-state index contributed by atoms with van der Waals surface area (Å²) in [6, 6.07) is 9.74. The molecule has 0 radical (unpaired) electrons. The van der Waals surface area contributed by atoms with Gasteiger partial charge in [0.1, 0.15) is 5.75 Å². The Morgan fingerprint density at radius 3 is 2.57 bits per heavy atom. The highest BCUT2D eigenvalue weighted by atomic mass is 127. The summed E-state index contributed by atoms with van der Waals surface area (Å²) >= 11 is 0. The number of nitrogens with zero attached hydrogens (tertiary/aromatic N) is 3. The lowest BCUT2D eigenvalue weighted by atomic mass is 10.3. The minimum atomic E-state index is 0. The Labute approximate surface area is 141 Å². The van der Waals surface area contributed by atoms with Gasteiger partial charge in [0, 0.05) is 20.3 Å². The molecule has 1 aromatic heterocycles. The van der Waals surface area contributed by atoms with Gasteiger partial charge in [0.25, 0.3) is 0 Å². The van der Waals surface area contributed by atoms with Crippen molar-refractivity contribution in [3.63, 3.8) is 0 Å². The standard InChI is InChI=1S/C14H19N5O.HI/c1-15-14(16-2)17-10-11-8-9-19(18-11)12-4-6-13(20-3)7-5-12;/h4-9H,10H2,1-3H3,(H2,15,16,17);1H. The van der Waals surface area contributed by atoms with Gasteiger partial charge in [-0.1, -0.05) is 0 Å². The van der Waals surface area contributed by atoms with Crippen molar-refractivity contribution in [1.29, 1.82) is 0 Å². The second kappa shape index (κ2) is 8.50. The van der Waals surface area contributed by atoms with Crippen LogP contribution in [0, 0.1) is 0 Å². The zero-order valence-electron chi connectivity index (χ0n) is 12.3. The average Bonchev–Trinajstić information content (AvgIpc) is 2.97. The molecule has 0 bridgehead atoms. The zero-order chi connectivity index (χ0) is 14.4. The highest BCUT2D eigenvalue weighted by Gasteiger charge is 2.02. The number of halogens is 1. The number of hydrogen-bond donors (Lipinski definition) is 2. The smallest absolute Gasteiger partial charge is 0.191 e. The van der Waals surface area contributed by atoms with Crippen molar-refractivity contribution in [3.05, 3.63) is 42.2 Å². The Bertz CT molecular complexity index is 579. The number of benzene rings is 1. The second-order valence-corrected chi connectivity index (χ2v) is 4.13. The van der Waals surface area contributed by atoms with Crippen molar-refractivity contribution in [2.45, 2.75) is 6.54 Å². The minimum Gasteiger partial charge on any atom is -0.497 e. The Morgan fingerprint density at radius 2 is 2.00 bits per heavy atom. The number of nitrogens with one attached hydrogen (secondary N) is 2. The maximum atomic E-state index is 5.14. The molecule has 0 atom stereocenters. The summed E-state index contributed by atoms with van der Waals surface area (Å²) in [5, 5.41) is 10.6. The lowest BCUT2D eigenvalue weighted by Gasteiger charge is -2.06. The van der Waals surface area contributed by atoms with Gasteiger partial charge in [-0.25, -0.2) is 4.68 Å². The van der Waals surface area contributed by atoms with Crippen molar-refractivity contribution >= 4 is 29.9 Å². The van der Waals surface area contributed by atoms with Gasteiger partial charge in [-0.2, -0.15) is 5.10 Å². The number of rotatable bonds is 4. The summed E-state index contributed by atoms with van der Waals surface area (Å²) in [7, 11) is 5.21. The fourth-order valence-corrected chi connectivity index (χ4v) is 1.79. The second-order valence-electron chi connectivity index (χ2n) is 4.13. The van der Waals surface area contributed by atoms with E-state index in [4.69, 9.17) is 4.74 Å². The first-order valence-corrected chi connectivity index (χ1v) is 6.34. The molecule has 1 aromatic carbocycles. The van der Waals surface area contributed by atoms with E-state index < -0.39 is 0 Å². The molecule has 0 aliphatic rings. The fourth-order valence-electron chi connectivity index (χ4n) is 1.79. The molecule has 21 heavy (non-hydrogen) atoms. The molecule has 0 amide bonds. The highest BCUT2D eigenvalue weighted by molar-refractivity contribution is 14.0. The first-order chi connectivity index (χ1) is 9.76. The van der Waals surface area contributed by atoms with Gasteiger partial charge in [-0.3, -0.25) is 4.99 Å². The van der Waals surface area contributed by atoms with Crippen molar-refractivity contribution in [3.8, 4) is 11.4 Å². The molecular weight excluding hydrogens is 381 g/mol. The van der Waals surface area contributed by atoms with Crippen molar-refractivity contribution in [2.24, 2.45) is 4.99 Å². The predicted molar refractivity (Wildman–Crippen MR) is 94.8 cm³/mol. The SMILES string of the molecule is CN=C(NC)NCc1ccn(-c2ccc(OC)cc2)n1.I. The van der Waals surface area contributed by atoms with E-state index in [1.165, 1.54) is 0 Å². The molecular formula is C14H20IN5O. The van der Waals surface area contributed by atoms with Gasteiger partial charge >= 0.3 is 0 Å². The van der Waals surface area contributed by atoms with Gasteiger partial charge in [-0.15, -0.1) is 24.0 Å². The molecule has 0 aliphatic heterocycles. The van der Waals surface area contributed by atoms with Crippen LogP contribution in [-0.2, 0) is 6.54 Å². The van der Waals surface area contributed by atoms with Gasteiger partial charge in [0.05, 0.1) is 25.0 Å². The summed E-state index contributed by atoms with van der Waals surface area (Å²) in [5.74, 6) is 1.57. The molecule has 0 saturated heterocycles. The molecule has 0 unspecified atom stereocenters. The monoisotopic (exact) mass is 401 g/mol. The molecule has 0 fully saturated rings. The predicted octanol–water partition coefficient (Wildman–Crippen LogP) is 1.79. The van der Waals surface area contributed by atoms with Gasteiger partial charge in [0.2, 0.25) is 0 Å². The number of methoxy groups -OCH3 is 1. The number of aromatic nitrogens is 2. The maximum absolute atomic E-state index is 5.14. The third-order valence-corrected chi connectivity index (χ3v) is 2.88. The van der Waals surface area contributed by atoms with E-state index in [-0.39, 0.29) is 24.0 Å². The average molecular weight is 401 g/mol. The van der Waals surface area contributed by atoms with Crippen LogP contribution in [-0.4, -0.2) is 36.9 Å². The Hall–Kier alpha value is -1.77. The lowest BCUT2D eigenvalue weighted by molar-refractivity contribution is 0.414. The Kier molecular flexibility index (Phi) is 7.00. The fraction of sp³-hybridized carbons (Fsp3) is 0.286. The molecule has 7 heteroatoms. The molecule has 2 aromatic rings. The quantitative estimate of drug-likeness (QED) is 0.466. The third kappa shape index (κ3) is 4.62. The molecule has 1 heterocycles. The molecule has 114 valence electrons. The first kappa shape index (κ1) is 17.3. The molecule has 0 saturated carbocycles. The Balaban J connectivity index is 0.00000220. The van der Waals surface area contributed by atoms with E-state index in [9.17, 15) is 0 Å². The topological polar surface area (TPSA) is 63.5 Å². The van der Waals surface area contributed by atoms with Gasteiger partial charge in [0.15, 0.2) is 5.96 Å². The largest absolute Gasteiger partial charge is 0.497 e. The van der Waals surface area contributed by atoms with Crippen LogP contribution in [0.2, 0.25) is 0 Å². The van der Waals surface area contributed by atoms with E-state index in [1.807, 2.05) is 48.3 Å². The lowest BCUT2D eigenvalue weighted by Crippen LogP contribution is -2.34. The molecule has 2 N–H and O–H groups in total. The van der Waals surface area contributed by atoms with Gasteiger partial charge < -0.3 is 15.4 Å². The van der Waals surface area contributed by atoms with E-state index >= 15 is 0 Å². The molecule has 0 spiro atoms. The van der Waals surface area contributed by atoms with Crippen LogP contribution in [0.1, 0.15) is 5.69 Å². The molecule has 2 rings (SSSR count). The maximum Gasteiger partial charge on any atom is 0.191 e. The van der Waals surface area contributed by atoms with Crippen molar-refractivity contribution in [2.75, 3.05) is 21.2 Å². The Morgan fingerprint density at radius 1 is 1.29 bits per heavy atom. The van der Waals surface area contributed by atoms with Crippen LogP contribution >= 0.6 is 24.0 Å². The van der Waals surface area contributed by atoms with E-state index in [2.05, 4.69) is 20.7 Å². The molecule has 0 aliphatic carbocycles. The van der Waals surface area contributed by atoms with E-state index in [1.54, 1.807) is 14.2 Å². The van der Waals surface area contributed by atoms with Crippen molar-refractivity contribution in [1.82, 2.24) is 20.4 Å². The normalized spacial score (nSPS) is 10.7. The summed E-state index contributed by atoms with van der Waals surface area (Å²) in [4.78, 5) is 4.05. The van der Waals surface area contributed by atoms with Crippen LogP contribution in [0.25, 0.3) is 5.69 Å². The van der Waals surface area contributed by atoms with Crippen LogP contribution in [0.3, 0.4) is 0 Å². The van der Waals surface area contributed by atoms with E-state index in [0.717, 1.165) is 23.1 Å². The summed E-state index contributed by atoms with van der Waals surface area (Å²) in [6.45, 7) is 0.622. The number of guanidine groups is 1. The minimum absolute atomic E-state index is 0. The third-order valence-electron chi connectivity index (χ3n) is 2.88. The first-order valence-electron chi connectivity index (χ1n) is 6.34. The summed E-state index contributed by atoms with van der Waals surface area (Å²) < 4.78 is 6.97. The number of aliphatic imine (C=N–C) groups is 1. The zero-order valence-corrected chi connectivity index (χ0v) is 14.7. The summed E-state index contributed by atoms with van der Waals surface area (Å²) in [6.07, 6.45) is 1.93. The van der Waals surface area contributed by atoms with Crippen LogP contribution in [0.4, 0.5) is 0 Å². The number of ether oxygens (including phenoxy) is 1. The van der Waals surface area contributed by atoms with Gasteiger partial charge in [-0.05, 0) is 30.3 Å². The van der Waals surface area contributed by atoms with E-state index in [0.29, 0.717) is 6.54 Å². The summed E-state index contributed by atoms with van der Waals surface area (Å²) in [5.41, 5.74) is 1.94. The highest BCUT2D eigenvalue weighted by Crippen LogP contribution is 2.14. The van der Waals surface area contributed by atoms with Crippen LogP contribution in [0.5, 0.6) is 5.75 Å². The molecule has 6 nitrogen and oxygen atoms in total. The van der Waals surface area contributed by atoms with Crippen molar-refractivity contribution < 1.29 is 4.74 Å². The van der Waals surface area contributed by atoms with Crippen LogP contribution in [0.15, 0.2) is 41.5 Å². The van der Waals surface area contributed by atoms with Crippen LogP contribution < -0.4 is 15.4 Å². The number of hydrogen-bond acceptors (Lipinski definition) is 3.